The van der Waals surface area contributed by atoms with E-state index >= 15 is 0 Å². The molecule has 0 aliphatic heterocycles. The Balaban J connectivity index is 1.96. The predicted octanol–water partition coefficient (Wildman–Crippen LogP) is 3.11. The lowest BCUT2D eigenvalue weighted by molar-refractivity contribution is -0.115. The Hall–Kier alpha value is -1.97. The normalized spacial score (nSPS) is 14.7. The first-order valence-corrected chi connectivity index (χ1v) is 6.60. The molecule has 0 saturated heterocycles. The zero-order chi connectivity index (χ0) is 13.7. The summed E-state index contributed by atoms with van der Waals surface area (Å²) in [4.78, 5) is 11.9. The molecule has 0 saturated carbocycles. The number of carbonyl (C=O) groups is 1. The maximum atomic E-state index is 11.9. The molecule has 19 heavy (non-hydrogen) atoms. The van der Waals surface area contributed by atoms with Crippen LogP contribution in [0.5, 0.6) is 5.75 Å². The average molecular weight is 260 g/mol. The van der Waals surface area contributed by atoms with Crippen molar-refractivity contribution in [3.63, 3.8) is 0 Å². The Labute approximate surface area is 113 Å². The van der Waals surface area contributed by atoms with Crippen molar-refractivity contribution >= 4 is 17.3 Å². The van der Waals surface area contributed by atoms with Crippen LogP contribution in [0, 0.1) is 0 Å². The summed E-state index contributed by atoms with van der Waals surface area (Å²) >= 11 is 0. The van der Waals surface area contributed by atoms with Crippen LogP contribution in [0.3, 0.4) is 0 Å². The molecule has 1 amide bonds. The van der Waals surface area contributed by atoms with Crippen LogP contribution < -0.4 is 15.8 Å². The van der Waals surface area contributed by atoms with Crippen molar-refractivity contribution in [1.82, 2.24) is 0 Å². The van der Waals surface area contributed by atoms with Crippen molar-refractivity contribution in [2.45, 2.75) is 32.1 Å². The third kappa shape index (κ3) is 3.74. The van der Waals surface area contributed by atoms with Crippen LogP contribution in [-0.4, -0.2) is 13.0 Å². The van der Waals surface area contributed by atoms with Crippen molar-refractivity contribution in [2.24, 2.45) is 0 Å². The van der Waals surface area contributed by atoms with Gasteiger partial charge in [-0.05, 0) is 37.8 Å². The summed E-state index contributed by atoms with van der Waals surface area (Å²) < 4.78 is 5.13. The molecule has 3 N–H and O–H groups in total. The van der Waals surface area contributed by atoms with Gasteiger partial charge in [-0.1, -0.05) is 11.6 Å². The van der Waals surface area contributed by atoms with Gasteiger partial charge in [-0.3, -0.25) is 4.79 Å². The highest BCUT2D eigenvalue weighted by Gasteiger charge is 2.10. The molecule has 0 atom stereocenters. The molecule has 1 aromatic rings. The number of benzene rings is 1. The van der Waals surface area contributed by atoms with Crippen molar-refractivity contribution in [1.29, 1.82) is 0 Å². The van der Waals surface area contributed by atoms with Gasteiger partial charge in [0.1, 0.15) is 5.75 Å². The van der Waals surface area contributed by atoms with Crippen LogP contribution in [0.4, 0.5) is 11.4 Å². The molecule has 0 radical (unpaired) electrons. The fourth-order valence-corrected chi connectivity index (χ4v) is 2.27. The van der Waals surface area contributed by atoms with Gasteiger partial charge in [-0.25, -0.2) is 0 Å². The quantitative estimate of drug-likeness (QED) is 0.646. The summed E-state index contributed by atoms with van der Waals surface area (Å²) in [6.07, 6.45) is 7.23. The lowest BCUT2D eigenvalue weighted by Gasteiger charge is -2.13. The number of methoxy groups -OCH3 is 1. The van der Waals surface area contributed by atoms with Crippen LogP contribution in [0.2, 0.25) is 0 Å². The summed E-state index contributed by atoms with van der Waals surface area (Å²) in [5.74, 6) is 0.592. The second-order valence-electron chi connectivity index (χ2n) is 4.79. The van der Waals surface area contributed by atoms with E-state index in [-0.39, 0.29) is 5.91 Å². The van der Waals surface area contributed by atoms with E-state index in [4.69, 9.17) is 10.5 Å². The van der Waals surface area contributed by atoms with Gasteiger partial charge in [0.15, 0.2) is 0 Å². The Morgan fingerprint density at radius 2 is 2.26 bits per heavy atom. The van der Waals surface area contributed by atoms with E-state index in [1.54, 1.807) is 25.3 Å². The van der Waals surface area contributed by atoms with Crippen molar-refractivity contribution in [2.75, 3.05) is 18.2 Å². The van der Waals surface area contributed by atoms with Crippen LogP contribution in [-0.2, 0) is 4.79 Å². The number of nitrogens with two attached hydrogens (primary N) is 1. The average Bonchev–Trinajstić information content (AvgIpc) is 2.42. The Bertz CT molecular complexity index is 495. The van der Waals surface area contributed by atoms with E-state index in [0.29, 0.717) is 23.5 Å². The smallest absolute Gasteiger partial charge is 0.228 e. The first-order valence-electron chi connectivity index (χ1n) is 6.60. The molecule has 4 heteroatoms. The first-order chi connectivity index (χ1) is 9.19. The molecule has 1 aliphatic rings. The minimum atomic E-state index is 0.0139. The van der Waals surface area contributed by atoms with Gasteiger partial charge in [0.05, 0.1) is 12.8 Å². The highest BCUT2D eigenvalue weighted by Crippen LogP contribution is 2.26. The zero-order valence-electron chi connectivity index (χ0n) is 11.2. The van der Waals surface area contributed by atoms with E-state index in [2.05, 4.69) is 11.4 Å². The lowest BCUT2D eigenvalue weighted by Crippen LogP contribution is -2.13. The highest BCUT2D eigenvalue weighted by atomic mass is 16.5. The molecule has 102 valence electrons. The molecule has 0 bridgehead atoms. The molecular weight excluding hydrogens is 240 g/mol. The largest absolute Gasteiger partial charge is 0.495 e. The minimum Gasteiger partial charge on any atom is -0.495 e. The maximum absolute atomic E-state index is 11.9. The van der Waals surface area contributed by atoms with Crippen molar-refractivity contribution in [3.8, 4) is 5.75 Å². The number of nitrogen functional groups attached to an aromatic ring is 1. The Morgan fingerprint density at radius 1 is 1.42 bits per heavy atom. The second kappa shape index (κ2) is 6.27. The predicted molar refractivity (Wildman–Crippen MR) is 77.2 cm³/mol. The molecule has 0 fully saturated rings. The number of amides is 1. The SMILES string of the molecule is COc1cc(NC(=O)CC2=CCCCC2)ccc1N. The number of hydrogen-bond donors (Lipinski definition) is 2. The van der Waals surface area contributed by atoms with Gasteiger partial charge in [-0.2, -0.15) is 0 Å². The van der Waals surface area contributed by atoms with E-state index in [1.807, 2.05) is 0 Å². The third-order valence-electron chi connectivity index (χ3n) is 3.29. The molecule has 0 heterocycles. The molecule has 0 aromatic heterocycles. The van der Waals surface area contributed by atoms with E-state index in [9.17, 15) is 4.79 Å². The molecule has 0 spiro atoms. The molecule has 1 aliphatic carbocycles. The highest BCUT2D eigenvalue weighted by molar-refractivity contribution is 5.92. The monoisotopic (exact) mass is 260 g/mol. The summed E-state index contributed by atoms with van der Waals surface area (Å²) in [5, 5.41) is 2.88. The van der Waals surface area contributed by atoms with Gasteiger partial charge in [0.25, 0.3) is 0 Å². The van der Waals surface area contributed by atoms with Crippen LogP contribution in [0.25, 0.3) is 0 Å². The molecule has 0 unspecified atom stereocenters. The molecule has 4 nitrogen and oxygen atoms in total. The number of hydrogen-bond acceptors (Lipinski definition) is 3. The van der Waals surface area contributed by atoms with E-state index in [1.165, 1.54) is 18.4 Å². The number of rotatable bonds is 4. The Kier molecular flexibility index (Phi) is 4.44. The fraction of sp³-hybridized carbons (Fsp3) is 0.400. The number of allylic oxidation sites excluding steroid dienone is 1. The lowest BCUT2D eigenvalue weighted by atomic mass is 9.97. The molecule has 2 rings (SSSR count). The second-order valence-corrected chi connectivity index (χ2v) is 4.79. The Morgan fingerprint density at radius 3 is 2.95 bits per heavy atom. The van der Waals surface area contributed by atoms with E-state index < -0.39 is 0 Å². The van der Waals surface area contributed by atoms with Crippen molar-refractivity contribution in [3.05, 3.63) is 29.8 Å². The zero-order valence-corrected chi connectivity index (χ0v) is 11.2. The molecular formula is C15H20N2O2. The van der Waals surface area contributed by atoms with Gasteiger partial charge in [0, 0.05) is 18.2 Å². The topological polar surface area (TPSA) is 64.3 Å². The minimum absolute atomic E-state index is 0.0139. The molecule has 1 aromatic carbocycles. The summed E-state index contributed by atoms with van der Waals surface area (Å²) in [6, 6.07) is 5.25. The van der Waals surface area contributed by atoms with Crippen molar-refractivity contribution < 1.29 is 9.53 Å². The number of ether oxygens (including phenoxy) is 1. The first kappa shape index (κ1) is 13.5. The third-order valence-corrected chi connectivity index (χ3v) is 3.29. The fourth-order valence-electron chi connectivity index (χ4n) is 2.27. The van der Waals surface area contributed by atoms with Gasteiger partial charge >= 0.3 is 0 Å². The number of nitrogens with one attached hydrogen (secondary N) is 1. The standard InChI is InChI=1S/C15H20N2O2/c1-19-14-10-12(7-8-13(14)16)17-15(18)9-11-5-3-2-4-6-11/h5,7-8,10H,2-4,6,9,16H2,1H3,(H,17,18). The number of carbonyl (C=O) groups excluding carboxylic acids is 1. The van der Waals surface area contributed by atoms with E-state index in [0.717, 1.165) is 12.8 Å². The van der Waals surface area contributed by atoms with Gasteiger partial charge < -0.3 is 15.8 Å². The van der Waals surface area contributed by atoms with Crippen LogP contribution in [0.15, 0.2) is 29.8 Å². The van der Waals surface area contributed by atoms with Crippen LogP contribution in [0.1, 0.15) is 32.1 Å². The number of anilines is 2. The van der Waals surface area contributed by atoms with Crippen LogP contribution >= 0.6 is 0 Å². The maximum Gasteiger partial charge on any atom is 0.228 e. The van der Waals surface area contributed by atoms with Gasteiger partial charge in [-0.15, -0.1) is 0 Å². The summed E-state index contributed by atoms with van der Waals surface area (Å²) in [5.41, 5.74) is 8.26. The van der Waals surface area contributed by atoms with Gasteiger partial charge in [0.2, 0.25) is 5.91 Å². The summed E-state index contributed by atoms with van der Waals surface area (Å²) in [7, 11) is 1.56. The summed E-state index contributed by atoms with van der Waals surface area (Å²) in [6.45, 7) is 0.